The summed E-state index contributed by atoms with van der Waals surface area (Å²) in [7, 11) is 5.75. The molecule has 0 bridgehead atoms. The Labute approximate surface area is 126 Å². The van der Waals surface area contributed by atoms with Crippen molar-refractivity contribution in [2.75, 3.05) is 34.3 Å². The molecule has 1 N–H and O–H groups in total. The Morgan fingerprint density at radius 1 is 1.29 bits per heavy atom. The van der Waals surface area contributed by atoms with E-state index in [9.17, 15) is 4.79 Å². The van der Waals surface area contributed by atoms with Gasteiger partial charge in [0.1, 0.15) is 11.9 Å². The van der Waals surface area contributed by atoms with E-state index in [0.717, 1.165) is 30.8 Å². The second-order valence-electron chi connectivity index (χ2n) is 5.75. The van der Waals surface area contributed by atoms with Crippen molar-refractivity contribution < 1.29 is 9.53 Å². The minimum Gasteiger partial charge on any atom is -0.497 e. The van der Waals surface area contributed by atoms with Crippen LogP contribution in [0.3, 0.4) is 0 Å². The first-order valence-electron chi connectivity index (χ1n) is 7.38. The molecule has 2 unspecified atom stereocenters. The summed E-state index contributed by atoms with van der Waals surface area (Å²) >= 11 is 0. The summed E-state index contributed by atoms with van der Waals surface area (Å²) in [5.74, 6) is 1.00. The second-order valence-corrected chi connectivity index (χ2v) is 5.75. The summed E-state index contributed by atoms with van der Waals surface area (Å²) < 4.78 is 5.19. The lowest BCUT2D eigenvalue weighted by Gasteiger charge is -2.25. The largest absolute Gasteiger partial charge is 0.497 e. The third-order valence-electron chi connectivity index (χ3n) is 3.81. The Hall–Kier alpha value is -1.59. The second kappa shape index (κ2) is 6.91. The summed E-state index contributed by atoms with van der Waals surface area (Å²) in [6.07, 6.45) is 0.931. The number of amides is 1. The van der Waals surface area contributed by atoms with E-state index in [-0.39, 0.29) is 18.1 Å². The van der Waals surface area contributed by atoms with Gasteiger partial charge < -0.3 is 14.5 Å². The van der Waals surface area contributed by atoms with Crippen LogP contribution in [0.25, 0.3) is 0 Å². The number of carbonyl (C=O) groups excluding carboxylic acids is 1. The average molecular weight is 291 g/mol. The molecule has 2 atom stereocenters. The van der Waals surface area contributed by atoms with Gasteiger partial charge in [0.2, 0.25) is 5.91 Å². The molecular formula is C16H25N3O2. The van der Waals surface area contributed by atoms with Gasteiger partial charge in [-0.1, -0.05) is 12.1 Å². The molecule has 1 fully saturated rings. The van der Waals surface area contributed by atoms with Gasteiger partial charge in [0.25, 0.3) is 0 Å². The molecule has 0 radical (unpaired) electrons. The van der Waals surface area contributed by atoms with E-state index in [2.05, 4.69) is 10.2 Å². The number of ether oxygens (including phenoxy) is 1. The lowest BCUT2D eigenvalue weighted by Crippen LogP contribution is -2.33. The third-order valence-corrected chi connectivity index (χ3v) is 3.81. The van der Waals surface area contributed by atoms with Crippen LogP contribution < -0.4 is 10.1 Å². The lowest BCUT2D eigenvalue weighted by atomic mass is 10.1. The highest BCUT2D eigenvalue weighted by Gasteiger charge is 2.36. The highest BCUT2D eigenvalue weighted by molar-refractivity contribution is 5.84. The SMILES string of the molecule is COc1ccc(C2NC(C)C(=O)N2CCCN(C)C)cc1. The van der Waals surface area contributed by atoms with Crippen LogP contribution >= 0.6 is 0 Å². The first-order chi connectivity index (χ1) is 10.0. The number of hydrogen-bond acceptors (Lipinski definition) is 4. The van der Waals surface area contributed by atoms with Crippen molar-refractivity contribution in [2.24, 2.45) is 0 Å². The van der Waals surface area contributed by atoms with Gasteiger partial charge in [0.15, 0.2) is 0 Å². The molecule has 0 spiro atoms. The van der Waals surface area contributed by atoms with Crippen LogP contribution in [0.4, 0.5) is 0 Å². The summed E-state index contributed by atoms with van der Waals surface area (Å²) in [5.41, 5.74) is 1.10. The number of nitrogens with one attached hydrogen (secondary N) is 1. The van der Waals surface area contributed by atoms with Crippen LogP contribution in [-0.4, -0.2) is 56.0 Å². The smallest absolute Gasteiger partial charge is 0.241 e. The van der Waals surface area contributed by atoms with Crippen molar-refractivity contribution in [3.8, 4) is 5.75 Å². The van der Waals surface area contributed by atoms with Gasteiger partial charge >= 0.3 is 0 Å². The first kappa shape index (κ1) is 15.8. The van der Waals surface area contributed by atoms with Gasteiger partial charge in [-0.25, -0.2) is 0 Å². The Morgan fingerprint density at radius 3 is 2.52 bits per heavy atom. The van der Waals surface area contributed by atoms with Gasteiger partial charge in [0, 0.05) is 6.54 Å². The van der Waals surface area contributed by atoms with E-state index in [4.69, 9.17) is 4.74 Å². The van der Waals surface area contributed by atoms with Crippen LogP contribution in [0.2, 0.25) is 0 Å². The Kier molecular flexibility index (Phi) is 5.20. The minimum atomic E-state index is -0.128. The Bertz CT molecular complexity index is 473. The van der Waals surface area contributed by atoms with Crippen molar-refractivity contribution in [1.29, 1.82) is 0 Å². The van der Waals surface area contributed by atoms with Gasteiger partial charge in [-0.3, -0.25) is 10.1 Å². The maximum absolute atomic E-state index is 12.3. The van der Waals surface area contributed by atoms with Crippen molar-refractivity contribution in [2.45, 2.75) is 25.6 Å². The van der Waals surface area contributed by atoms with E-state index < -0.39 is 0 Å². The van der Waals surface area contributed by atoms with Crippen molar-refractivity contribution in [3.63, 3.8) is 0 Å². The predicted molar refractivity (Wildman–Crippen MR) is 83.2 cm³/mol. The molecule has 2 rings (SSSR count). The molecule has 5 heteroatoms. The molecule has 116 valence electrons. The lowest BCUT2D eigenvalue weighted by molar-refractivity contribution is -0.129. The number of nitrogens with zero attached hydrogens (tertiary/aromatic N) is 2. The molecule has 1 aliphatic rings. The quantitative estimate of drug-likeness (QED) is 0.862. The molecule has 0 aromatic heterocycles. The molecule has 1 heterocycles. The predicted octanol–water partition coefficient (Wildman–Crippen LogP) is 1.47. The summed E-state index contributed by atoms with van der Waals surface area (Å²) in [6.45, 7) is 3.67. The fraction of sp³-hybridized carbons (Fsp3) is 0.562. The molecule has 1 aliphatic heterocycles. The highest BCUT2D eigenvalue weighted by Crippen LogP contribution is 2.26. The molecule has 0 saturated carbocycles. The Balaban J connectivity index is 2.09. The minimum absolute atomic E-state index is 0.0411. The highest BCUT2D eigenvalue weighted by atomic mass is 16.5. The average Bonchev–Trinajstić information content (AvgIpc) is 2.75. The van der Waals surface area contributed by atoms with Crippen LogP contribution in [0, 0.1) is 0 Å². The monoisotopic (exact) mass is 291 g/mol. The maximum atomic E-state index is 12.3. The van der Waals surface area contributed by atoms with Crippen LogP contribution in [0.15, 0.2) is 24.3 Å². The summed E-state index contributed by atoms with van der Waals surface area (Å²) in [6, 6.07) is 7.77. The van der Waals surface area contributed by atoms with E-state index >= 15 is 0 Å². The third kappa shape index (κ3) is 3.74. The molecule has 0 aliphatic carbocycles. The number of carbonyl (C=O) groups is 1. The molecular weight excluding hydrogens is 266 g/mol. The van der Waals surface area contributed by atoms with E-state index in [1.165, 1.54) is 0 Å². The number of benzene rings is 1. The molecule has 1 aromatic carbocycles. The Morgan fingerprint density at radius 2 is 1.95 bits per heavy atom. The first-order valence-corrected chi connectivity index (χ1v) is 7.38. The zero-order valence-electron chi connectivity index (χ0n) is 13.3. The van der Waals surface area contributed by atoms with E-state index in [0.29, 0.717) is 0 Å². The van der Waals surface area contributed by atoms with Crippen LogP contribution in [-0.2, 0) is 4.79 Å². The van der Waals surface area contributed by atoms with Gasteiger partial charge in [-0.2, -0.15) is 0 Å². The molecule has 1 saturated heterocycles. The van der Waals surface area contributed by atoms with Crippen LogP contribution in [0.5, 0.6) is 5.75 Å². The zero-order chi connectivity index (χ0) is 15.4. The topological polar surface area (TPSA) is 44.8 Å². The fourth-order valence-corrected chi connectivity index (χ4v) is 2.63. The normalized spacial score (nSPS) is 22.1. The van der Waals surface area contributed by atoms with Crippen molar-refractivity contribution in [3.05, 3.63) is 29.8 Å². The zero-order valence-corrected chi connectivity index (χ0v) is 13.3. The maximum Gasteiger partial charge on any atom is 0.241 e. The van der Waals surface area contributed by atoms with Crippen molar-refractivity contribution >= 4 is 5.91 Å². The van der Waals surface area contributed by atoms with Gasteiger partial charge in [-0.15, -0.1) is 0 Å². The summed E-state index contributed by atoms with van der Waals surface area (Å²) in [4.78, 5) is 16.4. The van der Waals surface area contributed by atoms with Crippen LogP contribution in [0.1, 0.15) is 25.1 Å². The van der Waals surface area contributed by atoms with Gasteiger partial charge in [0.05, 0.1) is 13.2 Å². The molecule has 5 nitrogen and oxygen atoms in total. The van der Waals surface area contributed by atoms with Gasteiger partial charge in [-0.05, 0) is 51.7 Å². The summed E-state index contributed by atoms with van der Waals surface area (Å²) in [5, 5.41) is 3.37. The fourth-order valence-electron chi connectivity index (χ4n) is 2.63. The van der Waals surface area contributed by atoms with Crippen molar-refractivity contribution in [1.82, 2.24) is 15.1 Å². The molecule has 1 aromatic rings. The molecule has 1 amide bonds. The molecule has 21 heavy (non-hydrogen) atoms. The van der Waals surface area contributed by atoms with E-state index in [1.54, 1.807) is 7.11 Å². The standard InChI is InChI=1S/C16H25N3O2/c1-12-16(20)19(11-5-10-18(2)3)15(17-12)13-6-8-14(21-4)9-7-13/h6-9,12,15,17H,5,10-11H2,1-4H3. The number of hydrogen-bond donors (Lipinski definition) is 1. The number of rotatable bonds is 6. The van der Waals surface area contributed by atoms with E-state index in [1.807, 2.05) is 50.2 Å². The number of methoxy groups -OCH3 is 1.